The van der Waals surface area contributed by atoms with E-state index in [-0.39, 0.29) is 23.9 Å². The summed E-state index contributed by atoms with van der Waals surface area (Å²) in [7, 11) is 0. The fraction of sp³-hybridized carbons (Fsp3) is 0.545. The van der Waals surface area contributed by atoms with E-state index in [1.54, 1.807) is 11.0 Å². The number of rotatable bonds is 11. The van der Waals surface area contributed by atoms with Gasteiger partial charge in [-0.15, -0.1) is 0 Å². The minimum atomic E-state index is -3.47. The van der Waals surface area contributed by atoms with Crippen LogP contribution in [0.1, 0.15) is 57.4 Å². The van der Waals surface area contributed by atoms with Crippen LogP contribution in [0.4, 0.5) is 8.78 Å². The number of amides is 1. The average molecular weight is 409 g/mol. The maximum Gasteiger partial charge on any atom is 0.304 e. The highest BCUT2D eigenvalue weighted by molar-refractivity contribution is 5.79. The van der Waals surface area contributed by atoms with Crippen molar-refractivity contribution in [2.45, 2.75) is 69.4 Å². The smallest absolute Gasteiger partial charge is 0.304 e. The normalized spacial score (nSPS) is 19.7. The number of carboxylic acid groups (broad SMARTS) is 1. The molecule has 1 aromatic rings. The van der Waals surface area contributed by atoms with E-state index in [0.717, 1.165) is 32.3 Å². The van der Waals surface area contributed by atoms with Gasteiger partial charge in [-0.2, -0.15) is 8.78 Å². The quantitative estimate of drug-likeness (QED) is 0.426. The molecule has 2 rings (SSSR count). The summed E-state index contributed by atoms with van der Waals surface area (Å²) in [6.07, 6.45) is 6.53. The molecular weight excluding hydrogens is 380 g/mol. The van der Waals surface area contributed by atoms with Gasteiger partial charge in [-0.3, -0.25) is 9.59 Å². The van der Waals surface area contributed by atoms with Crippen molar-refractivity contribution in [3.8, 4) is 0 Å². The minimum absolute atomic E-state index is 0.0281. The lowest BCUT2D eigenvalue weighted by Crippen LogP contribution is -2.42. The van der Waals surface area contributed by atoms with E-state index in [9.17, 15) is 23.5 Å². The Morgan fingerprint density at radius 3 is 2.52 bits per heavy atom. The van der Waals surface area contributed by atoms with Crippen LogP contribution in [0.15, 0.2) is 42.5 Å². The number of halogens is 2. The lowest BCUT2D eigenvalue weighted by atomic mass is 9.90. The molecule has 0 aliphatic carbocycles. The number of carbonyl (C=O) groups is 2. The zero-order valence-electron chi connectivity index (χ0n) is 16.7. The van der Waals surface area contributed by atoms with E-state index in [4.69, 9.17) is 5.11 Å². The molecule has 29 heavy (non-hydrogen) atoms. The first-order valence-electron chi connectivity index (χ1n) is 10.0. The van der Waals surface area contributed by atoms with Crippen molar-refractivity contribution in [3.05, 3.63) is 48.0 Å². The minimum Gasteiger partial charge on any atom is -0.481 e. The molecule has 2 unspecified atom stereocenters. The fourth-order valence-corrected chi connectivity index (χ4v) is 3.50. The summed E-state index contributed by atoms with van der Waals surface area (Å²) in [6.45, 7) is 1.57. The molecule has 0 bridgehead atoms. The third-order valence-electron chi connectivity index (χ3n) is 5.33. The zero-order chi connectivity index (χ0) is 21.5. The van der Waals surface area contributed by atoms with Gasteiger partial charge in [0.1, 0.15) is 5.60 Å². The Hall–Kier alpha value is -2.28. The van der Waals surface area contributed by atoms with Gasteiger partial charge in [-0.1, -0.05) is 49.2 Å². The zero-order valence-corrected chi connectivity index (χ0v) is 16.7. The highest BCUT2D eigenvalue weighted by atomic mass is 19.3. The molecule has 2 atom stereocenters. The monoisotopic (exact) mass is 409 g/mol. The van der Waals surface area contributed by atoms with Crippen LogP contribution in [0, 0.1) is 0 Å². The van der Waals surface area contributed by atoms with Crippen molar-refractivity contribution in [1.29, 1.82) is 0 Å². The van der Waals surface area contributed by atoms with E-state index >= 15 is 0 Å². The predicted octanol–water partition coefficient (Wildman–Crippen LogP) is 4.11. The van der Waals surface area contributed by atoms with E-state index < -0.39 is 17.5 Å². The Morgan fingerprint density at radius 1 is 1.21 bits per heavy atom. The summed E-state index contributed by atoms with van der Waals surface area (Å²) < 4.78 is 29.5. The molecule has 1 aliphatic rings. The van der Waals surface area contributed by atoms with Crippen molar-refractivity contribution in [2.24, 2.45) is 0 Å². The molecule has 0 aromatic heterocycles. The third kappa shape index (κ3) is 6.10. The average Bonchev–Trinajstić information content (AvgIpc) is 3.03. The first kappa shape index (κ1) is 23.0. The van der Waals surface area contributed by atoms with E-state index in [2.05, 4.69) is 0 Å². The van der Waals surface area contributed by atoms with Crippen molar-refractivity contribution < 1.29 is 28.6 Å². The molecule has 2 N–H and O–H groups in total. The van der Waals surface area contributed by atoms with Crippen molar-refractivity contribution >= 4 is 11.9 Å². The van der Waals surface area contributed by atoms with E-state index in [1.165, 1.54) is 30.3 Å². The summed E-state index contributed by atoms with van der Waals surface area (Å²) in [5.74, 6) is -4.31. The number of benzene rings is 1. The number of nitrogens with zero attached hydrogens (tertiary/aromatic N) is 1. The molecule has 1 heterocycles. The van der Waals surface area contributed by atoms with Crippen LogP contribution in [0.5, 0.6) is 0 Å². The number of alkyl halides is 2. The molecule has 5 nitrogen and oxygen atoms in total. The van der Waals surface area contributed by atoms with Crippen LogP contribution in [0.3, 0.4) is 0 Å². The summed E-state index contributed by atoms with van der Waals surface area (Å²) in [6, 6.07) is 6.86. The van der Waals surface area contributed by atoms with Crippen LogP contribution in [0.25, 0.3) is 0 Å². The topological polar surface area (TPSA) is 77.8 Å². The fourth-order valence-electron chi connectivity index (χ4n) is 3.50. The second-order valence-electron chi connectivity index (χ2n) is 7.70. The number of aliphatic hydroxyl groups is 1. The van der Waals surface area contributed by atoms with Gasteiger partial charge in [0.15, 0.2) is 0 Å². The number of hydrogen-bond acceptors (Lipinski definition) is 3. The number of aliphatic carboxylic acids is 1. The number of hydrogen-bond donors (Lipinski definition) is 2. The molecule has 160 valence electrons. The van der Waals surface area contributed by atoms with Gasteiger partial charge in [-0.05, 0) is 32.3 Å². The molecule has 1 aliphatic heterocycles. The first-order valence-corrected chi connectivity index (χ1v) is 10.0. The molecule has 1 aromatic carbocycles. The second kappa shape index (κ2) is 9.96. The molecule has 0 saturated carbocycles. The van der Waals surface area contributed by atoms with E-state index in [1.807, 2.05) is 0 Å². The largest absolute Gasteiger partial charge is 0.481 e. The standard InChI is InChI=1S/C22H29F2NO4/c1-21(29,22(23,24)17-9-5-4-6-10-17)15-14-18-12-13-19(26)25(18)16-8-3-2-7-11-20(27)28/h4-6,9-10,14-15,18,29H,2-3,7-8,11-13,16H2,1H3,(H,27,28). The SMILES string of the molecule is CC(O)(C=CC1CCC(=O)N1CCCCCCC(=O)O)C(F)(F)c1ccccc1. The Kier molecular flexibility index (Phi) is 7.90. The highest BCUT2D eigenvalue weighted by Crippen LogP contribution is 2.40. The van der Waals surface area contributed by atoms with Crippen molar-refractivity contribution in [2.75, 3.05) is 6.54 Å². The van der Waals surface area contributed by atoms with Gasteiger partial charge in [0.25, 0.3) is 0 Å². The van der Waals surface area contributed by atoms with Crippen LogP contribution in [-0.4, -0.2) is 45.2 Å². The highest BCUT2D eigenvalue weighted by Gasteiger charge is 2.49. The van der Waals surface area contributed by atoms with Gasteiger partial charge < -0.3 is 15.1 Å². The predicted molar refractivity (Wildman–Crippen MR) is 106 cm³/mol. The van der Waals surface area contributed by atoms with Crippen LogP contribution in [0.2, 0.25) is 0 Å². The van der Waals surface area contributed by atoms with E-state index in [0.29, 0.717) is 25.8 Å². The summed E-state index contributed by atoms with van der Waals surface area (Å²) >= 11 is 0. The van der Waals surface area contributed by atoms with Crippen LogP contribution >= 0.6 is 0 Å². The maximum absolute atomic E-state index is 14.7. The second-order valence-corrected chi connectivity index (χ2v) is 7.70. The Bertz CT molecular complexity index is 719. The number of likely N-dealkylation sites (tertiary alicyclic amines) is 1. The molecule has 7 heteroatoms. The lowest BCUT2D eigenvalue weighted by Gasteiger charge is -2.31. The molecule has 1 amide bonds. The maximum atomic E-state index is 14.7. The summed E-state index contributed by atoms with van der Waals surface area (Å²) in [4.78, 5) is 24.3. The first-order chi connectivity index (χ1) is 13.6. The number of carboxylic acids is 1. The van der Waals surface area contributed by atoms with Gasteiger partial charge in [0.2, 0.25) is 5.91 Å². The van der Waals surface area contributed by atoms with Gasteiger partial charge >= 0.3 is 11.9 Å². The molecule has 0 spiro atoms. The summed E-state index contributed by atoms with van der Waals surface area (Å²) in [5, 5.41) is 19.1. The van der Waals surface area contributed by atoms with Crippen molar-refractivity contribution in [1.82, 2.24) is 4.90 Å². The number of unbranched alkanes of at least 4 members (excludes halogenated alkanes) is 3. The van der Waals surface area contributed by atoms with Crippen LogP contribution < -0.4 is 0 Å². The van der Waals surface area contributed by atoms with Gasteiger partial charge in [-0.25, -0.2) is 0 Å². The Morgan fingerprint density at radius 2 is 1.86 bits per heavy atom. The van der Waals surface area contributed by atoms with Gasteiger partial charge in [0.05, 0.1) is 6.04 Å². The summed E-state index contributed by atoms with van der Waals surface area (Å²) in [5.41, 5.74) is -2.65. The number of carbonyl (C=O) groups excluding carboxylic acids is 1. The Balaban J connectivity index is 1.95. The molecular formula is C22H29F2NO4. The third-order valence-corrected chi connectivity index (χ3v) is 5.33. The van der Waals surface area contributed by atoms with Gasteiger partial charge in [0, 0.05) is 24.9 Å². The Labute approximate surface area is 170 Å². The molecule has 0 radical (unpaired) electrons. The molecule has 1 saturated heterocycles. The lowest BCUT2D eigenvalue weighted by molar-refractivity contribution is -0.152. The van der Waals surface area contributed by atoms with Crippen molar-refractivity contribution in [3.63, 3.8) is 0 Å². The van der Waals surface area contributed by atoms with Crippen LogP contribution in [-0.2, 0) is 15.5 Å². The molecule has 1 fully saturated rings.